The summed E-state index contributed by atoms with van der Waals surface area (Å²) in [7, 11) is 1.64. The molecule has 0 saturated carbocycles. The van der Waals surface area contributed by atoms with E-state index in [-0.39, 0.29) is 11.8 Å². The third-order valence-corrected chi connectivity index (χ3v) is 3.34. The Balaban J connectivity index is 1.97. The van der Waals surface area contributed by atoms with Crippen LogP contribution >= 0.6 is 15.9 Å². The summed E-state index contributed by atoms with van der Waals surface area (Å²) in [6, 6.07) is 3.28. The fraction of sp³-hybridized carbons (Fsp3) is 0.385. The van der Waals surface area contributed by atoms with Crippen LogP contribution in [-0.2, 0) is 11.3 Å². The van der Waals surface area contributed by atoms with Gasteiger partial charge in [-0.25, -0.2) is 4.39 Å². The standard InChI is InChI=1S/C13H16BrFN4O2/c1-8-5-9(14)10(15)6-11(8)17-13-19-18-12(21-13)7-16-3-4-20-2/h5-6,16H,3-4,7H2,1-2H3,(H,17,19). The molecule has 0 aliphatic heterocycles. The molecule has 0 amide bonds. The number of hydrogen-bond donors (Lipinski definition) is 2. The van der Waals surface area contributed by atoms with Gasteiger partial charge in [0.2, 0.25) is 5.89 Å². The van der Waals surface area contributed by atoms with Crippen molar-refractivity contribution in [2.24, 2.45) is 0 Å². The summed E-state index contributed by atoms with van der Waals surface area (Å²) in [5.41, 5.74) is 1.44. The number of hydrogen-bond acceptors (Lipinski definition) is 6. The molecule has 0 atom stereocenters. The maximum atomic E-state index is 13.5. The molecule has 1 aromatic carbocycles. The highest BCUT2D eigenvalue weighted by Gasteiger charge is 2.10. The minimum atomic E-state index is -0.357. The summed E-state index contributed by atoms with van der Waals surface area (Å²) in [4.78, 5) is 0. The molecule has 2 N–H and O–H groups in total. The summed E-state index contributed by atoms with van der Waals surface area (Å²) in [6.45, 7) is 3.61. The van der Waals surface area contributed by atoms with E-state index in [1.54, 1.807) is 13.2 Å². The zero-order chi connectivity index (χ0) is 15.2. The van der Waals surface area contributed by atoms with Crippen LogP contribution in [0.15, 0.2) is 21.0 Å². The fourth-order valence-corrected chi connectivity index (χ4v) is 2.10. The Morgan fingerprint density at radius 3 is 2.95 bits per heavy atom. The number of nitrogens with zero attached hydrogens (tertiary/aromatic N) is 2. The first-order valence-electron chi connectivity index (χ1n) is 6.35. The number of anilines is 2. The van der Waals surface area contributed by atoms with Crippen molar-refractivity contribution in [1.29, 1.82) is 0 Å². The van der Waals surface area contributed by atoms with Crippen molar-refractivity contribution in [2.45, 2.75) is 13.5 Å². The number of rotatable bonds is 7. The summed E-state index contributed by atoms with van der Waals surface area (Å²) in [5, 5.41) is 13.8. The Hall–Kier alpha value is -1.51. The second kappa shape index (κ2) is 7.48. The molecule has 0 fully saturated rings. The quantitative estimate of drug-likeness (QED) is 0.741. The van der Waals surface area contributed by atoms with Gasteiger partial charge in [-0.2, -0.15) is 0 Å². The maximum Gasteiger partial charge on any atom is 0.320 e. The fourth-order valence-electron chi connectivity index (χ4n) is 1.64. The first kappa shape index (κ1) is 15.9. The van der Waals surface area contributed by atoms with Gasteiger partial charge in [0, 0.05) is 19.3 Å². The van der Waals surface area contributed by atoms with Crippen LogP contribution < -0.4 is 10.6 Å². The molecule has 0 aliphatic carbocycles. The van der Waals surface area contributed by atoms with Gasteiger partial charge in [-0.1, -0.05) is 5.10 Å². The molecule has 6 nitrogen and oxygen atoms in total. The predicted octanol–water partition coefficient (Wildman–Crippen LogP) is 2.76. The van der Waals surface area contributed by atoms with E-state index in [0.717, 1.165) is 5.56 Å². The van der Waals surface area contributed by atoms with Crippen molar-refractivity contribution < 1.29 is 13.5 Å². The van der Waals surface area contributed by atoms with E-state index in [1.165, 1.54) is 6.07 Å². The summed E-state index contributed by atoms with van der Waals surface area (Å²) < 4.78 is 24.3. The van der Waals surface area contributed by atoms with E-state index in [0.29, 0.717) is 35.7 Å². The first-order chi connectivity index (χ1) is 10.1. The van der Waals surface area contributed by atoms with Gasteiger partial charge in [0.15, 0.2) is 0 Å². The lowest BCUT2D eigenvalue weighted by molar-refractivity contribution is 0.198. The van der Waals surface area contributed by atoms with Crippen molar-refractivity contribution >= 4 is 27.6 Å². The highest BCUT2D eigenvalue weighted by molar-refractivity contribution is 9.10. The molecule has 0 spiro atoms. The molecule has 1 heterocycles. The van der Waals surface area contributed by atoms with Gasteiger partial charge >= 0.3 is 6.01 Å². The van der Waals surface area contributed by atoms with E-state index in [2.05, 4.69) is 36.8 Å². The highest BCUT2D eigenvalue weighted by Crippen LogP contribution is 2.26. The van der Waals surface area contributed by atoms with E-state index < -0.39 is 0 Å². The van der Waals surface area contributed by atoms with Gasteiger partial charge in [0.25, 0.3) is 0 Å². The SMILES string of the molecule is COCCNCc1nnc(Nc2cc(F)c(Br)cc2C)o1. The van der Waals surface area contributed by atoms with E-state index in [4.69, 9.17) is 9.15 Å². The number of methoxy groups -OCH3 is 1. The van der Waals surface area contributed by atoms with E-state index in [1.807, 2.05) is 6.92 Å². The zero-order valence-corrected chi connectivity index (χ0v) is 13.3. The van der Waals surface area contributed by atoms with Crippen molar-refractivity contribution in [1.82, 2.24) is 15.5 Å². The number of benzene rings is 1. The Morgan fingerprint density at radius 2 is 2.19 bits per heavy atom. The first-order valence-corrected chi connectivity index (χ1v) is 7.14. The van der Waals surface area contributed by atoms with Crippen LogP contribution in [0, 0.1) is 12.7 Å². The van der Waals surface area contributed by atoms with Gasteiger partial charge < -0.3 is 19.8 Å². The van der Waals surface area contributed by atoms with Crippen molar-refractivity contribution in [3.8, 4) is 0 Å². The average molecular weight is 359 g/mol. The summed E-state index contributed by atoms with van der Waals surface area (Å²) in [5.74, 6) is 0.0907. The highest BCUT2D eigenvalue weighted by atomic mass is 79.9. The average Bonchev–Trinajstić information content (AvgIpc) is 2.89. The lowest BCUT2D eigenvalue weighted by Gasteiger charge is -2.06. The summed E-state index contributed by atoms with van der Waals surface area (Å²) >= 11 is 3.14. The van der Waals surface area contributed by atoms with Crippen LogP contribution in [0.5, 0.6) is 0 Å². The maximum absolute atomic E-state index is 13.5. The predicted molar refractivity (Wildman–Crippen MR) is 80.0 cm³/mol. The molecule has 2 aromatic rings. The van der Waals surface area contributed by atoms with E-state index >= 15 is 0 Å². The minimum Gasteiger partial charge on any atom is -0.406 e. The topological polar surface area (TPSA) is 72.2 Å². The van der Waals surface area contributed by atoms with Crippen molar-refractivity contribution in [3.63, 3.8) is 0 Å². The largest absolute Gasteiger partial charge is 0.406 e. The Bertz CT molecular complexity index is 606. The second-order valence-electron chi connectivity index (χ2n) is 4.38. The molecule has 0 radical (unpaired) electrons. The third kappa shape index (κ3) is 4.48. The van der Waals surface area contributed by atoms with Gasteiger partial charge in [-0.05, 0) is 40.5 Å². The van der Waals surface area contributed by atoms with Crippen LogP contribution in [0.3, 0.4) is 0 Å². The molecule has 21 heavy (non-hydrogen) atoms. The van der Waals surface area contributed by atoms with Gasteiger partial charge in [0.1, 0.15) is 5.82 Å². The number of aryl methyl sites for hydroxylation is 1. The normalized spacial score (nSPS) is 10.9. The molecular weight excluding hydrogens is 343 g/mol. The van der Waals surface area contributed by atoms with E-state index in [9.17, 15) is 4.39 Å². The van der Waals surface area contributed by atoms with Crippen LogP contribution in [0.2, 0.25) is 0 Å². The minimum absolute atomic E-state index is 0.225. The Labute approximate surface area is 130 Å². The number of nitrogens with one attached hydrogen (secondary N) is 2. The van der Waals surface area contributed by atoms with Crippen LogP contribution in [0.4, 0.5) is 16.1 Å². The second-order valence-corrected chi connectivity index (χ2v) is 5.23. The molecule has 114 valence electrons. The molecule has 0 aliphatic rings. The lowest BCUT2D eigenvalue weighted by atomic mass is 10.2. The third-order valence-electron chi connectivity index (χ3n) is 2.73. The molecular formula is C13H16BrFN4O2. The Kier molecular flexibility index (Phi) is 5.66. The van der Waals surface area contributed by atoms with Gasteiger partial charge in [-0.3, -0.25) is 0 Å². The van der Waals surface area contributed by atoms with Crippen molar-refractivity contribution in [3.05, 3.63) is 33.9 Å². The Morgan fingerprint density at radius 1 is 1.38 bits per heavy atom. The smallest absolute Gasteiger partial charge is 0.320 e. The molecule has 8 heteroatoms. The summed E-state index contributed by atoms with van der Waals surface area (Å²) in [6.07, 6.45) is 0. The van der Waals surface area contributed by atoms with Gasteiger partial charge in [-0.15, -0.1) is 5.10 Å². The van der Waals surface area contributed by atoms with Crippen LogP contribution in [0.25, 0.3) is 0 Å². The number of halogens is 2. The molecule has 1 aromatic heterocycles. The monoisotopic (exact) mass is 358 g/mol. The lowest BCUT2D eigenvalue weighted by Crippen LogP contribution is -2.18. The van der Waals surface area contributed by atoms with Crippen LogP contribution in [-0.4, -0.2) is 30.5 Å². The number of ether oxygens (including phenoxy) is 1. The molecule has 0 bridgehead atoms. The van der Waals surface area contributed by atoms with Gasteiger partial charge in [0.05, 0.1) is 17.6 Å². The number of aromatic nitrogens is 2. The van der Waals surface area contributed by atoms with Crippen LogP contribution in [0.1, 0.15) is 11.5 Å². The molecule has 2 rings (SSSR count). The van der Waals surface area contributed by atoms with Crippen molar-refractivity contribution in [2.75, 3.05) is 25.6 Å². The molecule has 0 saturated heterocycles. The molecule has 0 unspecified atom stereocenters. The zero-order valence-electron chi connectivity index (χ0n) is 11.7.